The third kappa shape index (κ3) is 5.84. The molecule has 3 atom stereocenters. The normalized spacial score (nSPS) is 27.0. The van der Waals surface area contributed by atoms with Crippen LogP contribution in [-0.4, -0.2) is 47.4 Å². The summed E-state index contributed by atoms with van der Waals surface area (Å²) in [5.41, 5.74) is -1.22. The van der Waals surface area contributed by atoms with Crippen LogP contribution in [0.1, 0.15) is 60.8 Å². The molecule has 1 aliphatic rings. The van der Waals surface area contributed by atoms with E-state index in [2.05, 4.69) is 36.0 Å². The lowest BCUT2D eigenvalue weighted by molar-refractivity contribution is -0.139. The Morgan fingerprint density at radius 3 is 2.28 bits per heavy atom. The Bertz CT molecular complexity index is 480. The van der Waals surface area contributed by atoms with Crippen LogP contribution in [0.15, 0.2) is 12.7 Å². The van der Waals surface area contributed by atoms with Gasteiger partial charge in [-0.3, -0.25) is 9.59 Å². The highest BCUT2D eigenvalue weighted by atomic mass is 16.2. The fourth-order valence-corrected chi connectivity index (χ4v) is 3.84. The number of amides is 2. The van der Waals surface area contributed by atoms with E-state index in [-0.39, 0.29) is 29.2 Å². The zero-order valence-electron chi connectivity index (χ0n) is 16.9. The van der Waals surface area contributed by atoms with E-state index in [0.29, 0.717) is 6.42 Å². The number of nitrogens with one attached hydrogen (secondary N) is 2. The number of rotatable bonds is 7. The van der Waals surface area contributed by atoms with Crippen LogP contribution < -0.4 is 10.6 Å². The average Bonchev–Trinajstić information content (AvgIpc) is 2.51. The molecule has 0 aromatic heterocycles. The third-order valence-electron chi connectivity index (χ3n) is 5.17. The van der Waals surface area contributed by atoms with Gasteiger partial charge >= 0.3 is 0 Å². The summed E-state index contributed by atoms with van der Waals surface area (Å²) in [5.74, 6) is 0.109. The zero-order valence-corrected chi connectivity index (χ0v) is 16.9. The smallest absolute Gasteiger partial charge is 0.246 e. The molecule has 0 spiro atoms. The second-order valence-corrected chi connectivity index (χ2v) is 8.32. The SMILES string of the molecule is C=CC1CCC(CN(CC)CC)C(NC(C)=O)(C(=O)NC(C)(C)C)C1. The van der Waals surface area contributed by atoms with E-state index >= 15 is 0 Å². The number of allylic oxidation sites excluding steroid dienone is 1. The first-order chi connectivity index (χ1) is 11.6. The lowest BCUT2D eigenvalue weighted by Gasteiger charge is -2.47. The highest BCUT2D eigenvalue weighted by Crippen LogP contribution is 2.39. The highest BCUT2D eigenvalue weighted by Gasteiger charge is 2.50. The lowest BCUT2D eigenvalue weighted by Crippen LogP contribution is -2.68. The first-order valence-corrected chi connectivity index (χ1v) is 9.54. The molecule has 0 saturated heterocycles. The first kappa shape index (κ1) is 21.7. The molecule has 2 N–H and O–H groups in total. The van der Waals surface area contributed by atoms with Gasteiger partial charge in [0.25, 0.3) is 0 Å². The Hall–Kier alpha value is -1.36. The molecule has 3 unspecified atom stereocenters. The summed E-state index contributed by atoms with van der Waals surface area (Å²) in [5, 5.41) is 6.17. The topological polar surface area (TPSA) is 61.4 Å². The molecule has 0 bridgehead atoms. The molecule has 0 aromatic carbocycles. The Morgan fingerprint density at radius 2 is 1.84 bits per heavy atom. The van der Waals surface area contributed by atoms with Gasteiger partial charge in [0.05, 0.1) is 0 Å². The number of carbonyl (C=O) groups is 2. The van der Waals surface area contributed by atoms with Crippen LogP contribution in [0.4, 0.5) is 0 Å². The maximum Gasteiger partial charge on any atom is 0.246 e. The molecule has 0 heterocycles. The number of hydrogen-bond donors (Lipinski definition) is 2. The number of hydrogen-bond acceptors (Lipinski definition) is 3. The van der Waals surface area contributed by atoms with Crippen molar-refractivity contribution in [2.45, 2.75) is 71.9 Å². The van der Waals surface area contributed by atoms with Gasteiger partial charge in [-0.05, 0) is 59.0 Å². The maximum absolute atomic E-state index is 13.3. The minimum Gasteiger partial charge on any atom is -0.349 e. The molecule has 25 heavy (non-hydrogen) atoms. The van der Waals surface area contributed by atoms with E-state index in [0.717, 1.165) is 32.5 Å². The molecule has 2 amide bonds. The quantitative estimate of drug-likeness (QED) is 0.693. The maximum atomic E-state index is 13.3. The molecule has 1 fully saturated rings. The second kappa shape index (κ2) is 8.84. The summed E-state index contributed by atoms with van der Waals surface area (Å²) in [4.78, 5) is 27.7. The van der Waals surface area contributed by atoms with Crippen LogP contribution in [0.25, 0.3) is 0 Å². The van der Waals surface area contributed by atoms with Crippen LogP contribution in [-0.2, 0) is 9.59 Å². The fourth-order valence-electron chi connectivity index (χ4n) is 3.84. The van der Waals surface area contributed by atoms with Crippen LogP contribution in [0.3, 0.4) is 0 Å². The van der Waals surface area contributed by atoms with Crippen LogP contribution in [0.2, 0.25) is 0 Å². The van der Waals surface area contributed by atoms with Crippen molar-refractivity contribution in [2.24, 2.45) is 11.8 Å². The van der Waals surface area contributed by atoms with E-state index < -0.39 is 5.54 Å². The summed E-state index contributed by atoms with van der Waals surface area (Å²) in [6, 6.07) is 0. The monoisotopic (exact) mass is 351 g/mol. The van der Waals surface area contributed by atoms with Gasteiger partial charge in [-0.25, -0.2) is 0 Å². The van der Waals surface area contributed by atoms with Crippen molar-refractivity contribution in [2.75, 3.05) is 19.6 Å². The molecule has 0 radical (unpaired) electrons. The molecule has 144 valence electrons. The van der Waals surface area contributed by atoms with E-state index in [1.54, 1.807) is 0 Å². The van der Waals surface area contributed by atoms with Crippen molar-refractivity contribution in [1.29, 1.82) is 0 Å². The van der Waals surface area contributed by atoms with Gasteiger partial charge in [-0.2, -0.15) is 0 Å². The molecular weight excluding hydrogens is 314 g/mol. The van der Waals surface area contributed by atoms with Gasteiger partial charge in [-0.1, -0.05) is 19.9 Å². The number of carbonyl (C=O) groups excluding carboxylic acids is 2. The minimum absolute atomic E-state index is 0.0705. The van der Waals surface area contributed by atoms with Crippen molar-refractivity contribution in [3.8, 4) is 0 Å². The van der Waals surface area contributed by atoms with E-state index in [4.69, 9.17) is 0 Å². The standard InChI is InChI=1S/C20H37N3O2/c1-8-16-11-12-17(14-23(9-2)10-3)20(13-16,21-15(4)24)18(25)22-19(5,6)7/h8,16-17H,1,9-14H2,2-7H3,(H,21,24)(H,22,25). The molecule has 1 aliphatic carbocycles. The van der Waals surface area contributed by atoms with Gasteiger partial charge in [-0.15, -0.1) is 6.58 Å². The van der Waals surface area contributed by atoms with E-state index in [9.17, 15) is 9.59 Å². The predicted octanol–water partition coefficient (Wildman–Crippen LogP) is 2.72. The van der Waals surface area contributed by atoms with Gasteiger partial charge < -0.3 is 15.5 Å². The predicted molar refractivity (Wildman–Crippen MR) is 103 cm³/mol. The summed E-state index contributed by atoms with van der Waals surface area (Å²) in [7, 11) is 0. The van der Waals surface area contributed by atoms with Gasteiger partial charge in [0.15, 0.2) is 0 Å². The molecule has 5 nitrogen and oxygen atoms in total. The van der Waals surface area contributed by atoms with Gasteiger partial charge in [0.2, 0.25) is 11.8 Å². The van der Waals surface area contributed by atoms with Crippen molar-refractivity contribution >= 4 is 11.8 Å². The second-order valence-electron chi connectivity index (χ2n) is 8.32. The average molecular weight is 352 g/mol. The van der Waals surface area contributed by atoms with Gasteiger partial charge in [0.1, 0.15) is 5.54 Å². The summed E-state index contributed by atoms with van der Waals surface area (Å²) in [6.45, 7) is 18.3. The summed E-state index contributed by atoms with van der Waals surface area (Å²) < 4.78 is 0. The summed E-state index contributed by atoms with van der Waals surface area (Å²) >= 11 is 0. The van der Waals surface area contributed by atoms with E-state index in [1.165, 1.54) is 6.92 Å². The van der Waals surface area contributed by atoms with Crippen LogP contribution in [0, 0.1) is 11.8 Å². The Labute approximate surface area is 153 Å². The lowest BCUT2D eigenvalue weighted by atomic mass is 9.67. The Balaban J connectivity index is 3.26. The fraction of sp³-hybridized carbons (Fsp3) is 0.800. The largest absolute Gasteiger partial charge is 0.349 e. The highest BCUT2D eigenvalue weighted by molar-refractivity contribution is 5.92. The van der Waals surface area contributed by atoms with Crippen LogP contribution in [0.5, 0.6) is 0 Å². The first-order valence-electron chi connectivity index (χ1n) is 9.54. The van der Waals surface area contributed by atoms with Gasteiger partial charge in [0, 0.05) is 24.9 Å². The molecule has 1 saturated carbocycles. The third-order valence-corrected chi connectivity index (χ3v) is 5.17. The van der Waals surface area contributed by atoms with Crippen molar-refractivity contribution in [3.63, 3.8) is 0 Å². The zero-order chi connectivity index (χ0) is 19.3. The molecular formula is C20H37N3O2. The minimum atomic E-state index is -0.876. The molecule has 0 aliphatic heterocycles. The summed E-state index contributed by atoms with van der Waals surface area (Å²) in [6.07, 6.45) is 4.46. The molecule has 0 aromatic rings. The molecule has 5 heteroatoms. The number of nitrogens with zero attached hydrogens (tertiary/aromatic N) is 1. The van der Waals surface area contributed by atoms with Crippen molar-refractivity contribution < 1.29 is 9.59 Å². The Kier molecular flexibility index (Phi) is 7.66. The van der Waals surface area contributed by atoms with E-state index in [1.807, 2.05) is 26.8 Å². The van der Waals surface area contributed by atoms with Crippen molar-refractivity contribution in [1.82, 2.24) is 15.5 Å². The Morgan fingerprint density at radius 1 is 1.24 bits per heavy atom. The van der Waals surface area contributed by atoms with Crippen LogP contribution >= 0.6 is 0 Å². The van der Waals surface area contributed by atoms with Crippen molar-refractivity contribution in [3.05, 3.63) is 12.7 Å². The molecule has 1 rings (SSSR count).